The molecule has 0 saturated heterocycles. The van der Waals surface area contributed by atoms with E-state index in [1.165, 1.54) is 44.9 Å². The second kappa shape index (κ2) is 39.6. The first-order valence-electron chi connectivity index (χ1n) is 22.3. The fraction of sp³-hybridized carbons (Fsp3) is 0.667. The van der Waals surface area contributed by atoms with Crippen molar-refractivity contribution >= 4 is 19.8 Å². The van der Waals surface area contributed by atoms with Gasteiger partial charge in [0.1, 0.15) is 19.8 Å². The van der Waals surface area contributed by atoms with Crippen LogP contribution in [0.25, 0.3) is 0 Å². The van der Waals surface area contributed by atoms with Crippen molar-refractivity contribution < 1.29 is 42.1 Å². The summed E-state index contributed by atoms with van der Waals surface area (Å²) in [4.78, 5) is 35.3. The van der Waals surface area contributed by atoms with Crippen molar-refractivity contribution in [3.05, 3.63) is 85.1 Å². The molecule has 0 bridgehead atoms. The molecule has 0 spiro atoms. The maximum Gasteiger partial charge on any atom is 0.472 e. The summed E-state index contributed by atoms with van der Waals surface area (Å²) >= 11 is 0. The number of phosphoric ester groups is 1. The van der Waals surface area contributed by atoms with Gasteiger partial charge >= 0.3 is 19.8 Å². The van der Waals surface area contributed by atoms with Crippen LogP contribution < -0.4 is 0 Å². The number of quaternary nitrogens is 1. The molecule has 0 aromatic carbocycles. The zero-order valence-electron chi connectivity index (χ0n) is 37.2. The van der Waals surface area contributed by atoms with E-state index >= 15 is 0 Å². The van der Waals surface area contributed by atoms with Gasteiger partial charge in [-0.2, -0.15) is 0 Å². The molecule has 332 valence electrons. The number of rotatable bonds is 39. The second-order valence-corrected chi connectivity index (χ2v) is 17.1. The molecule has 58 heavy (non-hydrogen) atoms. The minimum absolute atomic E-state index is 0.0125. The van der Waals surface area contributed by atoms with Gasteiger partial charge in [-0.15, -0.1) is 0 Å². The standard InChI is InChI=1S/C48H82NO8P/c1-6-8-10-12-14-16-18-20-22-23-24-25-27-29-31-33-35-37-39-41-48(51)57-46(45-56-58(52,53)55-43-42-49(3,4)5)44-54-47(50)40-38-36-34-32-30-28-26-21-19-17-15-13-11-9-7-2/h8,10,14,16,20-22,24-26,29,31,35,37,46H,6-7,9,11-13,15,17-19,23,27-28,30,32-34,36,38-45H2,1-5H3/p+1/b10-8-,16-14-,22-20-,25-24-,26-21-,31-29-,37-35-. The van der Waals surface area contributed by atoms with Gasteiger partial charge in [-0.25, -0.2) is 4.57 Å². The van der Waals surface area contributed by atoms with Crippen LogP contribution in [-0.2, 0) is 32.7 Å². The molecule has 0 rings (SSSR count). The van der Waals surface area contributed by atoms with Crippen LogP contribution in [0.1, 0.15) is 155 Å². The Morgan fingerprint density at radius 2 is 1.02 bits per heavy atom. The van der Waals surface area contributed by atoms with Gasteiger partial charge in [-0.3, -0.25) is 18.6 Å². The van der Waals surface area contributed by atoms with Gasteiger partial charge in [0.2, 0.25) is 0 Å². The molecule has 9 nitrogen and oxygen atoms in total. The van der Waals surface area contributed by atoms with Gasteiger partial charge in [-0.1, -0.05) is 150 Å². The van der Waals surface area contributed by atoms with E-state index in [-0.39, 0.29) is 26.1 Å². The summed E-state index contributed by atoms with van der Waals surface area (Å²) in [6, 6.07) is 0. The topological polar surface area (TPSA) is 108 Å². The maximum atomic E-state index is 12.7. The molecule has 0 aliphatic carbocycles. The first kappa shape index (κ1) is 55.2. The van der Waals surface area contributed by atoms with Crippen LogP contribution in [0, 0.1) is 0 Å². The molecule has 2 unspecified atom stereocenters. The van der Waals surface area contributed by atoms with Crippen LogP contribution in [0.3, 0.4) is 0 Å². The van der Waals surface area contributed by atoms with Gasteiger partial charge < -0.3 is 18.9 Å². The van der Waals surface area contributed by atoms with Crippen molar-refractivity contribution in [2.45, 2.75) is 161 Å². The van der Waals surface area contributed by atoms with Gasteiger partial charge in [0.05, 0.1) is 27.7 Å². The zero-order chi connectivity index (χ0) is 42.8. The molecule has 0 amide bonds. The molecule has 10 heteroatoms. The van der Waals surface area contributed by atoms with Crippen LogP contribution in [0.4, 0.5) is 0 Å². The quantitative estimate of drug-likeness (QED) is 0.0214. The third-order valence-corrected chi connectivity index (χ3v) is 9.91. The van der Waals surface area contributed by atoms with Crippen LogP contribution in [0.5, 0.6) is 0 Å². The number of phosphoric acid groups is 1. The Morgan fingerprint density at radius 3 is 1.53 bits per heavy atom. The van der Waals surface area contributed by atoms with Crippen LogP contribution in [0.2, 0.25) is 0 Å². The van der Waals surface area contributed by atoms with Crippen LogP contribution >= 0.6 is 7.82 Å². The summed E-state index contributed by atoms with van der Waals surface area (Å²) in [5.41, 5.74) is 0. The molecule has 1 N–H and O–H groups in total. The molecule has 2 atom stereocenters. The number of carbonyl (C=O) groups is 2. The number of carbonyl (C=O) groups excluding carboxylic acids is 2. The molecule has 0 aliphatic rings. The fourth-order valence-corrected chi connectivity index (χ4v) is 6.19. The smallest absolute Gasteiger partial charge is 0.462 e. The Labute approximate surface area is 354 Å². The van der Waals surface area contributed by atoms with E-state index in [0.29, 0.717) is 23.9 Å². The van der Waals surface area contributed by atoms with Gasteiger partial charge in [0.15, 0.2) is 6.10 Å². The van der Waals surface area contributed by atoms with Crippen molar-refractivity contribution in [1.82, 2.24) is 0 Å². The Bertz CT molecular complexity index is 1260. The minimum Gasteiger partial charge on any atom is -0.462 e. The number of esters is 2. The third kappa shape index (κ3) is 42.8. The zero-order valence-corrected chi connectivity index (χ0v) is 38.1. The summed E-state index contributed by atoms with van der Waals surface area (Å²) in [5.74, 6) is -0.914. The van der Waals surface area contributed by atoms with E-state index in [2.05, 4.69) is 86.8 Å². The summed E-state index contributed by atoms with van der Waals surface area (Å²) in [5, 5.41) is 0. The normalized spacial score (nSPS) is 14.4. The highest BCUT2D eigenvalue weighted by molar-refractivity contribution is 7.47. The molecule has 0 saturated carbocycles. The highest BCUT2D eigenvalue weighted by Gasteiger charge is 2.27. The monoisotopic (exact) mass is 833 g/mol. The van der Waals surface area contributed by atoms with Gasteiger partial charge in [0, 0.05) is 12.8 Å². The van der Waals surface area contributed by atoms with Crippen molar-refractivity contribution in [3.63, 3.8) is 0 Å². The summed E-state index contributed by atoms with van der Waals surface area (Å²) in [6.07, 6.45) is 50.8. The fourth-order valence-electron chi connectivity index (χ4n) is 5.44. The number of unbranched alkanes of at least 4 members (excludes halogenated alkanes) is 11. The predicted molar refractivity (Wildman–Crippen MR) is 242 cm³/mol. The summed E-state index contributed by atoms with van der Waals surface area (Å²) in [6.45, 7) is 4.19. The number of hydrogen-bond donors (Lipinski definition) is 1. The Hall–Kier alpha value is -2.81. The van der Waals surface area contributed by atoms with E-state index in [1.54, 1.807) is 0 Å². The molecular formula is C48H83NO8P+. The van der Waals surface area contributed by atoms with E-state index in [1.807, 2.05) is 33.3 Å². The Balaban J connectivity index is 4.52. The lowest BCUT2D eigenvalue weighted by Crippen LogP contribution is -2.37. The van der Waals surface area contributed by atoms with Crippen molar-refractivity contribution in [2.75, 3.05) is 47.5 Å². The van der Waals surface area contributed by atoms with Gasteiger partial charge in [0.25, 0.3) is 0 Å². The first-order chi connectivity index (χ1) is 28.0. The maximum absolute atomic E-state index is 12.7. The van der Waals surface area contributed by atoms with Crippen LogP contribution in [-0.4, -0.2) is 74.9 Å². The largest absolute Gasteiger partial charge is 0.472 e. The molecule has 0 aliphatic heterocycles. The molecule has 0 fully saturated rings. The molecule has 0 radical (unpaired) electrons. The highest BCUT2D eigenvalue weighted by atomic mass is 31.2. The average molecular weight is 833 g/mol. The Morgan fingerprint density at radius 1 is 0.552 bits per heavy atom. The SMILES string of the molecule is CC/C=C\C/C=C\C/C=C\C/C=C\C/C=C\C/C=C\CCC(=O)OC(COC(=O)CCCCCCC/C=C\CCCCCCCC)COP(=O)(O)OCC[N+](C)(C)C. The number of ether oxygens (including phenoxy) is 2. The lowest BCUT2D eigenvalue weighted by molar-refractivity contribution is -0.870. The second-order valence-electron chi connectivity index (χ2n) is 15.7. The van der Waals surface area contributed by atoms with E-state index < -0.39 is 32.5 Å². The van der Waals surface area contributed by atoms with Crippen molar-refractivity contribution in [2.24, 2.45) is 0 Å². The minimum atomic E-state index is -4.40. The lowest BCUT2D eigenvalue weighted by atomic mass is 10.1. The molecule has 0 aromatic rings. The number of hydrogen-bond acceptors (Lipinski definition) is 7. The van der Waals surface area contributed by atoms with Crippen LogP contribution in [0.15, 0.2) is 85.1 Å². The molecule has 0 aromatic heterocycles. The van der Waals surface area contributed by atoms with E-state index in [9.17, 15) is 19.0 Å². The Kier molecular flexibility index (Phi) is 37.7. The first-order valence-corrected chi connectivity index (χ1v) is 23.8. The van der Waals surface area contributed by atoms with Gasteiger partial charge in [-0.05, 0) is 77.0 Å². The third-order valence-electron chi connectivity index (χ3n) is 8.92. The number of likely N-dealkylation sites (N-methyl/N-ethyl adjacent to an activating group) is 1. The van der Waals surface area contributed by atoms with E-state index in [4.69, 9.17) is 18.5 Å². The lowest BCUT2D eigenvalue weighted by Gasteiger charge is -2.24. The van der Waals surface area contributed by atoms with Crippen molar-refractivity contribution in [1.29, 1.82) is 0 Å². The number of nitrogens with zero attached hydrogens (tertiary/aromatic N) is 1. The molecule has 0 heterocycles. The van der Waals surface area contributed by atoms with Crippen molar-refractivity contribution in [3.8, 4) is 0 Å². The average Bonchev–Trinajstić information content (AvgIpc) is 3.17. The summed E-state index contributed by atoms with van der Waals surface area (Å²) < 4.78 is 34.2. The van der Waals surface area contributed by atoms with E-state index in [0.717, 1.165) is 70.6 Å². The predicted octanol–water partition coefficient (Wildman–Crippen LogP) is 12.8. The number of allylic oxidation sites excluding steroid dienone is 14. The highest BCUT2D eigenvalue weighted by Crippen LogP contribution is 2.43. The molecular weight excluding hydrogens is 750 g/mol. The summed E-state index contributed by atoms with van der Waals surface area (Å²) in [7, 11) is 1.41.